The monoisotopic (exact) mass is 240 g/mol. The first-order valence-corrected chi connectivity index (χ1v) is 4.79. The molecular formula is C10H9ClN2O3. The van der Waals surface area contributed by atoms with Gasteiger partial charge >= 0.3 is 0 Å². The van der Waals surface area contributed by atoms with Crippen LogP contribution in [0.15, 0.2) is 22.9 Å². The Morgan fingerprint density at radius 1 is 1.44 bits per heavy atom. The molecule has 1 heterocycles. The summed E-state index contributed by atoms with van der Waals surface area (Å²) in [6, 6.07) is 3.21. The lowest BCUT2D eigenvalue weighted by molar-refractivity contribution is 0.375. The normalized spacial score (nSPS) is 10.4. The van der Waals surface area contributed by atoms with Crippen LogP contribution in [0.4, 0.5) is 5.88 Å². The van der Waals surface area contributed by atoms with Gasteiger partial charge in [-0.1, -0.05) is 16.8 Å². The van der Waals surface area contributed by atoms with Crippen LogP contribution in [0.5, 0.6) is 11.5 Å². The molecule has 0 saturated carbocycles. The van der Waals surface area contributed by atoms with E-state index >= 15 is 0 Å². The molecule has 0 aliphatic rings. The molecule has 16 heavy (non-hydrogen) atoms. The van der Waals surface area contributed by atoms with Gasteiger partial charge in [0, 0.05) is 5.56 Å². The van der Waals surface area contributed by atoms with E-state index in [0.717, 1.165) is 0 Å². The number of ether oxygens (including phenoxy) is 1. The van der Waals surface area contributed by atoms with E-state index in [-0.39, 0.29) is 22.4 Å². The van der Waals surface area contributed by atoms with Crippen LogP contribution in [0.3, 0.4) is 0 Å². The van der Waals surface area contributed by atoms with Gasteiger partial charge in [-0.25, -0.2) is 0 Å². The van der Waals surface area contributed by atoms with Crippen LogP contribution in [0.1, 0.15) is 0 Å². The van der Waals surface area contributed by atoms with Crippen LogP contribution in [0.25, 0.3) is 11.1 Å². The van der Waals surface area contributed by atoms with Gasteiger partial charge in [-0.2, -0.15) is 0 Å². The minimum atomic E-state index is -0.137. The van der Waals surface area contributed by atoms with E-state index in [1.165, 1.54) is 13.3 Å². The van der Waals surface area contributed by atoms with E-state index in [1.54, 1.807) is 12.1 Å². The van der Waals surface area contributed by atoms with Crippen LogP contribution in [-0.2, 0) is 0 Å². The van der Waals surface area contributed by atoms with Crippen molar-refractivity contribution in [1.29, 1.82) is 0 Å². The zero-order chi connectivity index (χ0) is 11.7. The third-order valence-corrected chi connectivity index (χ3v) is 2.48. The van der Waals surface area contributed by atoms with Crippen molar-refractivity contribution in [2.24, 2.45) is 0 Å². The quantitative estimate of drug-likeness (QED) is 0.842. The fraction of sp³-hybridized carbons (Fsp3) is 0.100. The third-order valence-electron chi connectivity index (χ3n) is 2.17. The average molecular weight is 241 g/mol. The molecule has 0 radical (unpaired) electrons. The number of nitrogens with two attached hydrogens (primary N) is 1. The van der Waals surface area contributed by atoms with Gasteiger partial charge in [-0.15, -0.1) is 0 Å². The molecule has 0 aliphatic carbocycles. The Hall–Kier alpha value is -1.88. The number of nitrogens with zero attached hydrogens (tertiary/aromatic N) is 1. The lowest BCUT2D eigenvalue weighted by atomic mass is 10.1. The van der Waals surface area contributed by atoms with Crippen LogP contribution < -0.4 is 10.5 Å². The molecule has 1 aromatic heterocycles. The Bertz CT molecular complexity index is 525. The number of halogens is 1. The number of phenolic OH excluding ortho intramolecular Hbond substituents is 1. The number of aromatic nitrogens is 1. The molecule has 3 N–H and O–H groups in total. The molecule has 0 saturated heterocycles. The van der Waals surface area contributed by atoms with E-state index in [4.69, 9.17) is 26.6 Å². The number of rotatable bonds is 2. The summed E-state index contributed by atoms with van der Waals surface area (Å²) in [7, 11) is 1.43. The highest BCUT2D eigenvalue weighted by atomic mass is 35.5. The highest BCUT2D eigenvalue weighted by Crippen LogP contribution is 2.43. The standard InChI is InChI=1S/C10H9ClN2O3/c1-15-9-5(2-3-7(11)8(9)14)6-4-13-16-10(6)12/h2-4,14H,12H2,1H3. The highest BCUT2D eigenvalue weighted by molar-refractivity contribution is 6.32. The zero-order valence-corrected chi connectivity index (χ0v) is 9.15. The van der Waals surface area contributed by atoms with Crippen molar-refractivity contribution in [3.05, 3.63) is 23.4 Å². The SMILES string of the molecule is COc1c(-c2cnoc2N)ccc(Cl)c1O. The largest absolute Gasteiger partial charge is 0.503 e. The van der Waals surface area contributed by atoms with Gasteiger partial charge in [0.1, 0.15) is 0 Å². The number of benzene rings is 1. The maximum atomic E-state index is 9.72. The number of methoxy groups -OCH3 is 1. The smallest absolute Gasteiger partial charge is 0.230 e. The Kier molecular flexibility index (Phi) is 2.62. The predicted octanol–water partition coefficient (Wildman–Crippen LogP) is 2.29. The van der Waals surface area contributed by atoms with Crippen molar-refractivity contribution in [3.8, 4) is 22.6 Å². The van der Waals surface area contributed by atoms with Crippen LogP contribution in [0, 0.1) is 0 Å². The number of nitrogen functional groups attached to an aromatic ring is 1. The summed E-state index contributed by atoms with van der Waals surface area (Å²) in [5, 5.41) is 13.5. The van der Waals surface area contributed by atoms with Gasteiger partial charge < -0.3 is 20.1 Å². The molecule has 0 amide bonds. The summed E-state index contributed by atoms with van der Waals surface area (Å²) in [6.45, 7) is 0. The maximum Gasteiger partial charge on any atom is 0.230 e. The van der Waals surface area contributed by atoms with Gasteiger partial charge in [0.2, 0.25) is 5.88 Å². The second-order valence-corrected chi connectivity index (χ2v) is 3.49. The maximum absolute atomic E-state index is 9.72. The van der Waals surface area contributed by atoms with Gasteiger partial charge in [0.05, 0.1) is 23.9 Å². The van der Waals surface area contributed by atoms with Crippen molar-refractivity contribution in [1.82, 2.24) is 5.16 Å². The first kappa shape index (κ1) is 10.6. The van der Waals surface area contributed by atoms with Crippen LogP contribution in [-0.4, -0.2) is 17.4 Å². The van der Waals surface area contributed by atoms with Crippen molar-refractivity contribution < 1.29 is 14.4 Å². The first-order chi connectivity index (χ1) is 7.65. The minimum absolute atomic E-state index is 0.137. The molecule has 2 aromatic rings. The lowest BCUT2D eigenvalue weighted by Gasteiger charge is -2.09. The molecule has 0 unspecified atom stereocenters. The van der Waals surface area contributed by atoms with Gasteiger partial charge in [0.25, 0.3) is 0 Å². The van der Waals surface area contributed by atoms with E-state index in [9.17, 15) is 5.11 Å². The molecular weight excluding hydrogens is 232 g/mol. The number of hydrogen-bond donors (Lipinski definition) is 2. The molecule has 5 nitrogen and oxygen atoms in total. The fourth-order valence-electron chi connectivity index (χ4n) is 1.42. The predicted molar refractivity (Wildman–Crippen MR) is 59.6 cm³/mol. The first-order valence-electron chi connectivity index (χ1n) is 4.41. The van der Waals surface area contributed by atoms with Crippen molar-refractivity contribution in [2.75, 3.05) is 12.8 Å². The highest BCUT2D eigenvalue weighted by Gasteiger charge is 2.17. The fourth-order valence-corrected chi connectivity index (χ4v) is 1.57. The van der Waals surface area contributed by atoms with Crippen molar-refractivity contribution in [2.45, 2.75) is 0 Å². The van der Waals surface area contributed by atoms with E-state index in [0.29, 0.717) is 11.1 Å². The molecule has 0 fully saturated rings. The summed E-state index contributed by atoms with van der Waals surface area (Å²) >= 11 is 5.77. The summed E-state index contributed by atoms with van der Waals surface area (Å²) < 4.78 is 9.82. The zero-order valence-electron chi connectivity index (χ0n) is 8.40. The number of anilines is 1. The number of phenols is 1. The molecule has 84 valence electrons. The topological polar surface area (TPSA) is 81.5 Å². The molecule has 0 spiro atoms. The van der Waals surface area contributed by atoms with Crippen LogP contribution >= 0.6 is 11.6 Å². The number of hydrogen-bond acceptors (Lipinski definition) is 5. The summed E-state index contributed by atoms with van der Waals surface area (Å²) in [5.41, 5.74) is 6.70. The molecule has 0 atom stereocenters. The summed E-state index contributed by atoms with van der Waals surface area (Å²) in [5.74, 6) is 0.254. The third kappa shape index (κ3) is 1.55. The summed E-state index contributed by atoms with van der Waals surface area (Å²) in [4.78, 5) is 0. The average Bonchev–Trinajstić information content (AvgIpc) is 2.68. The Morgan fingerprint density at radius 2 is 2.19 bits per heavy atom. The molecule has 1 aromatic carbocycles. The Morgan fingerprint density at radius 3 is 2.75 bits per heavy atom. The van der Waals surface area contributed by atoms with Gasteiger partial charge in [0.15, 0.2) is 11.5 Å². The van der Waals surface area contributed by atoms with Gasteiger partial charge in [-0.3, -0.25) is 0 Å². The van der Waals surface area contributed by atoms with Gasteiger partial charge in [-0.05, 0) is 12.1 Å². The van der Waals surface area contributed by atoms with E-state index in [1.807, 2.05) is 0 Å². The molecule has 2 rings (SSSR count). The lowest BCUT2D eigenvalue weighted by Crippen LogP contribution is -1.91. The minimum Gasteiger partial charge on any atom is -0.503 e. The Labute approximate surface area is 96.4 Å². The molecule has 0 aliphatic heterocycles. The molecule has 6 heteroatoms. The molecule has 0 bridgehead atoms. The van der Waals surface area contributed by atoms with Crippen molar-refractivity contribution >= 4 is 17.5 Å². The van der Waals surface area contributed by atoms with Crippen molar-refractivity contribution in [3.63, 3.8) is 0 Å². The van der Waals surface area contributed by atoms with Crippen LogP contribution in [0.2, 0.25) is 5.02 Å². The van der Waals surface area contributed by atoms with E-state index < -0.39 is 0 Å². The second-order valence-electron chi connectivity index (χ2n) is 3.08. The van der Waals surface area contributed by atoms with E-state index in [2.05, 4.69) is 5.16 Å². The summed E-state index contributed by atoms with van der Waals surface area (Å²) in [6.07, 6.45) is 1.44. The second kappa shape index (κ2) is 3.94. The Balaban J connectivity index is 2.66. The number of aromatic hydroxyl groups is 1.